The number of fused-ring (bicyclic) bond motifs is 1. The summed E-state index contributed by atoms with van der Waals surface area (Å²) in [4.78, 5) is 14.6. The first kappa shape index (κ1) is 19.6. The predicted octanol–water partition coefficient (Wildman–Crippen LogP) is 4.42. The van der Waals surface area contributed by atoms with Crippen molar-refractivity contribution in [1.29, 1.82) is 0 Å². The summed E-state index contributed by atoms with van der Waals surface area (Å²) >= 11 is 1.76. The predicted molar refractivity (Wildman–Crippen MR) is 120 cm³/mol. The minimum atomic E-state index is -0.0626. The number of carbonyl (C=O) groups excluding carboxylic acids is 1. The number of rotatable bonds is 6. The smallest absolute Gasteiger partial charge is 0.315 e. The number of urea groups is 1. The number of nitrogens with one attached hydrogen (secondary N) is 2. The van der Waals surface area contributed by atoms with Gasteiger partial charge in [-0.1, -0.05) is 18.2 Å². The molecule has 2 N–H and O–H groups in total. The monoisotopic (exact) mass is 409 g/mol. The molecule has 1 fully saturated rings. The maximum Gasteiger partial charge on any atom is 0.315 e. The zero-order chi connectivity index (χ0) is 20.1. The lowest BCUT2D eigenvalue weighted by atomic mass is 10.0. The van der Waals surface area contributed by atoms with E-state index in [9.17, 15) is 4.79 Å². The highest BCUT2D eigenvalue weighted by atomic mass is 32.1. The number of piperidine rings is 1. The Morgan fingerprint density at radius 1 is 1.14 bits per heavy atom. The van der Waals surface area contributed by atoms with Crippen molar-refractivity contribution in [2.24, 2.45) is 0 Å². The molecule has 0 spiro atoms. The molecule has 2 aromatic carbocycles. The van der Waals surface area contributed by atoms with Crippen molar-refractivity contribution >= 4 is 33.1 Å². The largest absolute Gasteiger partial charge is 0.497 e. The second kappa shape index (κ2) is 9.18. The average molecular weight is 410 g/mol. The van der Waals surface area contributed by atoms with E-state index in [1.54, 1.807) is 18.4 Å². The van der Waals surface area contributed by atoms with Crippen molar-refractivity contribution in [1.82, 2.24) is 10.6 Å². The van der Waals surface area contributed by atoms with Crippen LogP contribution in [0.15, 0.2) is 53.9 Å². The molecule has 0 aliphatic carbocycles. The Morgan fingerprint density at radius 2 is 1.90 bits per heavy atom. The lowest BCUT2D eigenvalue weighted by Crippen LogP contribution is -2.48. The van der Waals surface area contributed by atoms with E-state index in [2.05, 4.69) is 57.3 Å². The Morgan fingerprint density at radius 3 is 2.66 bits per heavy atom. The van der Waals surface area contributed by atoms with Crippen molar-refractivity contribution in [3.05, 3.63) is 59.5 Å². The van der Waals surface area contributed by atoms with Crippen molar-refractivity contribution in [2.45, 2.75) is 25.3 Å². The van der Waals surface area contributed by atoms with Gasteiger partial charge in [-0.05, 0) is 65.9 Å². The Labute approximate surface area is 175 Å². The van der Waals surface area contributed by atoms with E-state index in [0.29, 0.717) is 6.54 Å². The van der Waals surface area contributed by atoms with Gasteiger partial charge in [-0.2, -0.15) is 0 Å². The average Bonchev–Trinajstić information content (AvgIpc) is 3.18. The Hall–Kier alpha value is -2.73. The van der Waals surface area contributed by atoms with Gasteiger partial charge in [0, 0.05) is 36.1 Å². The standard InChI is InChI=1S/C23H27N3O2S/c1-28-20-8-6-19(7-9-20)26-14-11-18(12-15-26)25-23(27)24-13-10-17-16-29-22-5-3-2-4-21(17)22/h2-9,16,18H,10-15H2,1H3,(H2,24,25,27). The van der Waals surface area contributed by atoms with Crippen molar-refractivity contribution in [3.8, 4) is 5.75 Å². The van der Waals surface area contributed by atoms with Crippen molar-refractivity contribution in [3.63, 3.8) is 0 Å². The van der Waals surface area contributed by atoms with Crippen LogP contribution < -0.4 is 20.3 Å². The minimum Gasteiger partial charge on any atom is -0.497 e. The highest BCUT2D eigenvalue weighted by molar-refractivity contribution is 7.17. The van der Waals surface area contributed by atoms with Crippen LogP contribution in [0.2, 0.25) is 0 Å². The number of amides is 2. The van der Waals surface area contributed by atoms with Gasteiger partial charge in [-0.3, -0.25) is 0 Å². The zero-order valence-corrected chi connectivity index (χ0v) is 17.5. The molecule has 2 amide bonds. The molecular formula is C23H27N3O2S. The number of benzene rings is 2. The third kappa shape index (κ3) is 4.82. The van der Waals surface area contributed by atoms with Gasteiger partial charge in [-0.15, -0.1) is 11.3 Å². The van der Waals surface area contributed by atoms with Crippen LogP contribution in [0.3, 0.4) is 0 Å². The first-order valence-corrected chi connectivity index (χ1v) is 11.0. The normalized spacial score (nSPS) is 14.7. The lowest BCUT2D eigenvalue weighted by molar-refractivity contribution is 0.234. The summed E-state index contributed by atoms with van der Waals surface area (Å²) in [6.07, 6.45) is 2.76. The number of hydrogen-bond donors (Lipinski definition) is 2. The summed E-state index contributed by atoms with van der Waals surface area (Å²) < 4.78 is 6.52. The summed E-state index contributed by atoms with van der Waals surface area (Å²) in [5, 5.41) is 9.64. The van der Waals surface area contributed by atoms with E-state index < -0.39 is 0 Å². The van der Waals surface area contributed by atoms with Gasteiger partial charge in [0.15, 0.2) is 0 Å². The number of methoxy groups -OCH3 is 1. The fraction of sp³-hybridized carbons (Fsp3) is 0.348. The number of anilines is 1. The molecule has 6 heteroatoms. The molecule has 152 valence electrons. The second-order valence-electron chi connectivity index (χ2n) is 7.37. The zero-order valence-electron chi connectivity index (χ0n) is 16.7. The molecule has 0 bridgehead atoms. The summed E-state index contributed by atoms with van der Waals surface area (Å²) in [5.41, 5.74) is 2.51. The molecule has 3 aromatic rings. The van der Waals surface area contributed by atoms with Crippen LogP contribution >= 0.6 is 11.3 Å². The van der Waals surface area contributed by atoms with E-state index in [1.165, 1.54) is 21.3 Å². The van der Waals surface area contributed by atoms with Crippen LogP contribution in [0, 0.1) is 0 Å². The van der Waals surface area contributed by atoms with Gasteiger partial charge in [0.2, 0.25) is 0 Å². The Balaban J connectivity index is 1.19. The van der Waals surface area contributed by atoms with Gasteiger partial charge in [0.25, 0.3) is 0 Å². The van der Waals surface area contributed by atoms with Crippen LogP contribution in [0.4, 0.5) is 10.5 Å². The molecule has 0 saturated carbocycles. The molecular weight excluding hydrogens is 382 g/mol. The van der Waals surface area contributed by atoms with E-state index in [1.807, 2.05) is 12.1 Å². The summed E-state index contributed by atoms with van der Waals surface area (Å²) in [6, 6.07) is 16.7. The fourth-order valence-electron chi connectivity index (χ4n) is 3.85. The molecule has 0 unspecified atom stereocenters. The Kier molecular flexibility index (Phi) is 6.20. The maximum absolute atomic E-state index is 12.3. The molecule has 1 aliphatic heterocycles. The summed E-state index contributed by atoms with van der Waals surface area (Å²) in [7, 11) is 1.68. The highest BCUT2D eigenvalue weighted by Crippen LogP contribution is 2.26. The van der Waals surface area contributed by atoms with Gasteiger partial charge in [0.1, 0.15) is 5.75 Å². The molecule has 0 atom stereocenters. The van der Waals surface area contributed by atoms with E-state index in [0.717, 1.165) is 38.1 Å². The minimum absolute atomic E-state index is 0.0626. The number of nitrogens with zero attached hydrogens (tertiary/aromatic N) is 1. The second-order valence-corrected chi connectivity index (χ2v) is 8.28. The SMILES string of the molecule is COc1ccc(N2CCC(NC(=O)NCCc3csc4ccccc34)CC2)cc1. The molecule has 1 aliphatic rings. The highest BCUT2D eigenvalue weighted by Gasteiger charge is 2.20. The van der Waals surface area contributed by atoms with Gasteiger partial charge in [0.05, 0.1) is 7.11 Å². The molecule has 4 rings (SSSR count). The van der Waals surface area contributed by atoms with E-state index >= 15 is 0 Å². The molecule has 1 aromatic heterocycles. The summed E-state index contributed by atoms with van der Waals surface area (Å²) in [6.45, 7) is 2.54. The van der Waals surface area contributed by atoms with Crippen LogP contribution in [-0.4, -0.2) is 38.8 Å². The number of hydrogen-bond acceptors (Lipinski definition) is 4. The number of carbonyl (C=O) groups is 1. The van der Waals surface area contributed by atoms with E-state index in [4.69, 9.17) is 4.74 Å². The molecule has 5 nitrogen and oxygen atoms in total. The lowest BCUT2D eigenvalue weighted by Gasteiger charge is -2.34. The molecule has 29 heavy (non-hydrogen) atoms. The topological polar surface area (TPSA) is 53.6 Å². The van der Waals surface area contributed by atoms with Crippen molar-refractivity contribution < 1.29 is 9.53 Å². The molecule has 0 radical (unpaired) electrons. The van der Waals surface area contributed by atoms with Gasteiger partial charge in [-0.25, -0.2) is 4.79 Å². The van der Waals surface area contributed by atoms with Crippen LogP contribution in [0.1, 0.15) is 18.4 Å². The van der Waals surface area contributed by atoms with Crippen LogP contribution in [0.5, 0.6) is 5.75 Å². The first-order valence-electron chi connectivity index (χ1n) is 10.1. The number of ether oxygens (including phenoxy) is 1. The van der Waals surface area contributed by atoms with E-state index in [-0.39, 0.29) is 12.1 Å². The van der Waals surface area contributed by atoms with Crippen LogP contribution in [-0.2, 0) is 6.42 Å². The van der Waals surface area contributed by atoms with Crippen LogP contribution in [0.25, 0.3) is 10.1 Å². The quantitative estimate of drug-likeness (QED) is 0.634. The summed E-state index contributed by atoms with van der Waals surface area (Å²) in [5.74, 6) is 0.873. The first-order chi connectivity index (χ1) is 14.2. The maximum atomic E-state index is 12.3. The third-order valence-corrected chi connectivity index (χ3v) is 6.52. The molecule has 1 saturated heterocycles. The Bertz CT molecular complexity index is 946. The fourth-order valence-corrected chi connectivity index (χ4v) is 4.85. The number of thiophene rings is 1. The van der Waals surface area contributed by atoms with Gasteiger partial charge >= 0.3 is 6.03 Å². The molecule has 2 heterocycles. The van der Waals surface area contributed by atoms with Gasteiger partial charge < -0.3 is 20.3 Å². The third-order valence-electron chi connectivity index (χ3n) is 5.51. The van der Waals surface area contributed by atoms with Crippen molar-refractivity contribution in [2.75, 3.05) is 31.6 Å².